The van der Waals surface area contributed by atoms with Crippen LogP contribution in [0.15, 0.2) is 0 Å². The Hall–Kier alpha value is 0.190. The van der Waals surface area contributed by atoms with Gasteiger partial charge in [0.25, 0.3) is 0 Å². The van der Waals surface area contributed by atoms with Crippen LogP contribution in [0.5, 0.6) is 0 Å². The first-order valence-electron chi connectivity index (χ1n) is 3.79. The van der Waals surface area contributed by atoms with Crippen LogP contribution in [-0.4, -0.2) is 39.7 Å². The highest BCUT2D eigenvalue weighted by Gasteiger charge is 2.37. The summed E-state index contributed by atoms with van der Waals surface area (Å²) in [4.78, 5) is 9.57. The summed E-state index contributed by atoms with van der Waals surface area (Å²) >= 11 is 16.4. The molecule has 0 aliphatic heterocycles. The van der Waals surface area contributed by atoms with E-state index >= 15 is 0 Å². The third kappa shape index (κ3) is 6.62. The molecule has 1 atom stereocenters. The average Bonchev–Trinajstić information content (AvgIpc) is 2.00. The Morgan fingerprint density at radius 1 is 1.50 bits per heavy atom. The van der Waals surface area contributed by atoms with Crippen molar-refractivity contribution in [1.29, 1.82) is 0 Å². The quantitative estimate of drug-likeness (QED) is 0.341. The van der Waals surface area contributed by atoms with Crippen LogP contribution >= 0.6 is 34.8 Å². The molecule has 0 aromatic rings. The highest BCUT2D eigenvalue weighted by Crippen LogP contribution is 2.32. The van der Waals surface area contributed by atoms with E-state index in [1.165, 1.54) is 0 Å². The maximum absolute atomic E-state index is 10.2. The lowest BCUT2D eigenvalue weighted by Gasteiger charge is -2.20. The van der Waals surface area contributed by atoms with Gasteiger partial charge in [-0.05, 0) is 6.42 Å². The number of nitro groups is 1. The fourth-order valence-electron chi connectivity index (χ4n) is 0.676. The van der Waals surface area contributed by atoms with Gasteiger partial charge in [-0.2, -0.15) is 0 Å². The molecule has 8 heteroatoms. The van der Waals surface area contributed by atoms with E-state index in [0.717, 1.165) is 0 Å². The van der Waals surface area contributed by atoms with Crippen LogP contribution in [0.3, 0.4) is 0 Å². The smallest absolute Gasteiger partial charge is 0.233 e. The van der Waals surface area contributed by atoms with E-state index in [0.29, 0.717) is 6.42 Å². The van der Waals surface area contributed by atoms with Crippen LogP contribution in [0, 0.1) is 10.1 Å². The summed E-state index contributed by atoms with van der Waals surface area (Å²) < 4.78 is 3.13. The lowest BCUT2D eigenvalue weighted by atomic mass is 10.4. The van der Waals surface area contributed by atoms with E-state index in [9.17, 15) is 10.1 Å². The summed E-state index contributed by atoms with van der Waals surface area (Å²) in [6.07, 6.45) is -0.761. The lowest BCUT2D eigenvalue weighted by Crippen LogP contribution is -2.36. The second-order valence-corrected chi connectivity index (χ2v) is 4.86. The molecule has 0 heterocycles. The zero-order valence-electron chi connectivity index (χ0n) is 7.16. The van der Waals surface area contributed by atoms with Gasteiger partial charge in [0.15, 0.2) is 6.10 Å². The van der Waals surface area contributed by atoms with Crippen molar-refractivity contribution in [2.45, 2.75) is 16.3 Å². The van der Waals surface area contributed by atoms with E-state index in [1.807, 2.05) is 0 Å². The van der Waals surface area contributed by atoms with Gasteiger partial charge in [-0.1, -0.05) is 34.8 Å². The normalized spacial score (nSPS) is 14.0. The topological polar surface area (TPSA) is 72.6 Å². The Morgan fingerprint density at radius 3 is 2.43 bits per heavy atom. The molecule has 1 unspecified atom stereocenters. The fraction of sp³-hybridized carbons (Fsp3) is 1.00. The predicted molar refractivity (Wildman–Crippen MR) is 53.6 cm³/mol. The number of aliphatic hydroxyl groups is 1. The number of hydrogen-bond acceptors (Lipinski definition) is 4. The molecular weight excluding hydrogens is 256 g/mol. The summed E-state index contributed by atoms with van der Waals surface area (Å²) in [7, 11) is 0. The molecule has 0 bridgehead atoms. The number of halogens is 3. The van der Waals surface area contributed by atoms with Gasteiger partial charge in [0.2, 0.25) is 10.3 Å². The zero-order valence-corrected chi connectivity index (χ0v) is 9.43. The van der Waals surface area contributed by atoms with E-state index in [4.69, 9.17) is 44.6 Å². The minimum atomic E-state index is -1.83. The third-order valence-corrected chi connectivity index (χ3v) is 2.03. The van der Waals surface area contributed by atoms with Crippen LogP contribution < -0.4 is 0 Å². The Bertz CT molecular complexity index is 184. The van der Waals surface area contributed by atoms with Gasteiger partial charge < -0.3 is 9.84 Å². The molecule has 0 saturated carbocycles. The van der Waals surface area contributed by atoms with Gasteiger partial charge in [-0.15, -0.1) is 0 Å². The number of nitrogens with zero attached hydrogens (tertiary/aromatic N) is 1. The van der Waals surface area contributed by atoms with Gasteiger partial charge >= 0.3 is 0 Å². The SMILES string of the molecule is O=[N+]([O-])CC(OCCCO)C(Cl)(Cl)Cl. The summed E-state index contributed by atoms with van der Waals surface area (Å²) in [6.45, 7) is -0.546. The van der Waals surface area contributed by atoms with Crippen molar-refractivity contribution < 1.29 is 14.8 Å². The highest BCUT2D eigenvalue weighted by atomic mass is 35.6. The minimum absolute atomic E-state index is 0.0783. The first-order chi connectivity index (χ1) is 6.38. The summed E-state index contributed by atoms with van der Waals surface area (Å²) in [5.41, 5.74) is 0. The van der Waals surface area contributed by atoms with Gasteiger partial charge in [0.1, 0.15) is 0 Å². The summed E-state index contributed by atoms with van der Waals surface area (Å²) in [5.74, 6) is 0. The minimum Gasteiger partial charge on any atom is -0.396 e. The van der Waals surface area contributed by atoms with Crippen molar-refractivity contribution in [2.24, 2.45) is 0 Å². The van der Waals surface area contributed by atoms with Gasteiger partial charge in [-0.25, -0.2) is 0 Å². The number of ether oxygens (including phenoxy) is 1. The largest absolute Gasteiger partial charge is 0.396 e. The molecule has 5 nitrogen and oxygen atoms in total. The second kappa shape index (κ2) is 6.63. The number of aliphatic hydroxyl groups excluding tert-OH is 1. The van der Waals surface area contributed by atoms with Crippen LogP contribution in [0.4, 0.5) is 0 Å². The third-order valence-electron chi connectivity index (χ3n) is 1.30. The Morgan fingerprint density at radius 2 is 2.07 bits per heavy atom. The van der Waals surface area contributed by atoms with E-state index in [1.54, 1.807) is 0 Å². The maximum atomic E-state index is 10.2. The van der Waals surface area contributed by atoms with E-state index in [2.05, 4.69) is 0 Å². The van der Waals surface area contributed by atoms with Gasteiger partial charge in [-0.3, -0.25) is 10.1 Å². The average molecular weight is 267 g/mol. The van der Waals surface area contributed by atoms with Gasteiger partial charge in [0, 0.05) is 18.1 Å². The Kier molecular flexibility index (Phi) is 6.72. The number of hydrogen-bond donors (Lipinski definition) is 1. The molecule has 0 spiro atoms. The number of rotatable bonds is 6. The molecule has 84 valence electrons. The number of alkyl halides is 3. The fourth-order valence-corrected chi connectivity index (χ4v) is 1.07. The van der Waals surface area contributed by atoms with E-state index in [-0.39, 0.29) is 13.2 Å². The van der Waals surface area contributed by atoms with E-state index < -0.39 is 21.4 Å². The maximum Gasteiger partial charge on any atom is 0.233 e. The summed E-state index contributed by atoms with van der Waals surface area (Å²) in [6, 6.07) is 0. The molecular formula is C6H10Cl3NO4. The van der Waals surface area contributed by atoms with Crippen molar-refractivity contribution in [3.8, 4) is 0 Å². The first kappa shape index (κ1) is 14.2. The van der Waals surface area contributed by atoms with Crippen molar-refractivity contribution in [3.63, 3.8) is 0 Å². The zero-order chi connectivity index (χ0) is 11.2. The van der Waals surface area contributed by atoms with Crippen molar-refractivity contribution >= 4 is 34.8 Å². The summed E-state index contributed by atoms with van der Waals surface area (Å²) in [5, 5.41) is 18.6. The Balaban J connectivity index is 4.05. The molecule has 0 aliphatic carbocycles. The Labute approximate surface area is 96.0 Å². The molecule has 0 fully saturated rings. The van der Waals surface area contributed by atoms with Crippen LogP contribution in [0.1, 0.15) is 6.42 Å². The predicted octanol–water partition coefficient (Wildman–Crippen LogP) is 1.40. The van der Waals surface area contributed by atoms with Crippen molar-refractivity contribution in [3.05, 3.63) is 10.1 Å². The molecule has 1 N–H and O–H groups in total. The second-order valence-electron chi connectivity index (χ2n) is 2.49. The van der Waals surface area contributed by atoms with Crippen LogP contribution in [-0.2, 0) is 4.74 Å². The van der Waals surface area contributed by atoms with Crippen LogP contribution in [0.25, 0.3) is 0 Å². The monoisotopic (exact) mass is 265 g/mol. The molecule has 0 aromatic carbocycles. The first-order valence-corrected chi connectivity index (χ1v) is 4.92. The highest BCUT2D eigenvalue weighted by molar-refractivity contribution is 6.68. The molecule has 0 rings (SSSR count). The molecule has 0 aromatic heterocycles. The van der Waals surface area contributed by atoms with Crippen molar-refractivity contribution in [1.82, 2.24) is 0 Å². The standard InChI is InChI=1S/C6H10Cl3NO4/c7-6(8,9)5(4-10(12)13)14-3-1-2-11/h5,11H,1-4H2. The molecule has 14 heavy (non-hydrogen) atoms. The molecule has 0 radical (unpaired) electrons. The molecule has 0 amide bonds. The lowest BCUT2D eigenvalue weighted by molar-refractivity contribution is -0.491. The molecule has 0 aliphatic rings. The van der Waals surface area contributed by atoms with Crippen LogP contribution in [0.2, 0.25) is 0 Å². The van der Waals surface area contributed by atoms with Crippen molar-refractivity contribution in [2.75, 3.05) is 19.8 Å². The molecule has 0 saturated heterocycles. The van der Waals surface area contributed by atoms with Gasteiger partial charge in [0.05, 0.1) is 0 Å².